The number of hydrogen-bond acceptors (Lipinski definition) is 9. The summed E-state index contributed by atoms with van der Waals surface area (Å²) in [7, 11) is 4.01. The van der Waals surface area contributed by atoms with Gasteiger partial charge in [-0.1, -0.05) is 30.5 Å². The third kappa shape index (κ3) is 3.32. The number of rotatable bonds is 5. The average Bonchev–Trinajstić information content (AvgIpc) is 3.14. The van der Waals surface area contributed by atoms with Crippen molar-refractivity contribution in [1.82, 2.24) is 14.5 Å². The molecule has 2 aliphatic rings. The molecule has 0 bridgehead atoms. The Hall–Kier alpha value is -3.53. The van der Waals surface area contributed by atoms with Gasteiger partial charge in [0, 0.05) is 13.1 Å². The molecule has 0 radical (unpaired) electrons. The van der Waals surface area contributed by atoms with Crippen LogP contribution in [0.5, 0.6) is 5.75 Å². The Labute approximate surface area is 201 Å². The SMILES string of the molecule is C=C1Sc2ncn(-c3ccccc3OC)c(=O)c2C12CCN(CC)C(C(=O)OC)=C2C(=O)OC. The molecule has 1 unspecified atom stereocenters. The zero-order valence-electron chi connectivity index (χ0n) is 19.4. The smallest absolute Gasteiger partial charge is 0.354 e. The molecule has 4 rings (SSSR count). The van der Waals surface area contributed by atoms with E-state index in [0.29, 0.717) is 40.9 Å². The number of esters is 2. The monoisotopic (exact) mass is 483 g/mol. The molecule has 178 valence electrons. The van der Waals surface area contributed by atoms with Gasteiger partial charge < -0.3 is 19.1 Å². The van der Waals surface area contributed by atoms with Crippen LogP contribution in [0.1, 0.15) is 18.9 Å². The van der Waals surface area contributed by atoms with Crippen LogP contribution in [0, 0.1) is 0 Å². The fourth-order valence-corrected chi connectivity index (χ4v) is 5.85. The van der Waals surface area contributed by atoms with E-state index in [-0.39, 0.29) is 22.4 Å². The van der Waals surface area contributed by atoms with Crippen molar-refractivity contribution in [3.8, 4) is 11.4 Å². The highest BCUT2D eigenvalue weighted by Crippen LogP contribution is 2.57. The van der Waals surface area contributed by atoms with Crippen LogP contribution >= 0.6 is 11.8 Å². The number of thioether (sulfide) groups is 1. The summed E-state index contributed by atoms with van der Waals surface area (Å²) in [5.74, 6) is -0.911. The zero-order valence-corrected chi connectivity index (χ0v) is 20.2. The van der Waals surface area contributed by atoms with E-state index in [1.807, 2.05) is 6.92 Å². The van der Waals surface area contributed by atoms with Crippen molar-refractivity contribution in [2.24, 2.45) is 0 Å². The zero-order chi connectivity index (χ0) is 24.6. The standard InChI is InChI=1S/C24H25N3O6S/c1-6-26-12-11-24(17(22(29)32-4)19(26)23(30)33-5)14(2)34-20-18(24)21(28)27(13-25-20)15-9-7-8-10-16(15)31-3/h7-10,13H,2,6,11-12H2,1,3-5H3. The van der Waals surface area contributed by atoms with Crippen molar-refractivity contribution in [2.45, 2.75) is 23.8 Å². The molecule has 3 heterocycles. The van der Waals surface area contributed by atoms with Gasteiger partial charge in [0.15, 0.2) is 0 Å². The summed E-state index contributed by atoms with van der Waals surface area (Å²) in [4.78, 5) is 47.0. The third-order valence-corrected chi connectivity index (χ3v) is 7.39. The highest BCUT2D eigenvalue weighted by Gasteiger charge is 2.56. The van der Waals surface area contributed by atoms with Gasteiger partial charge in [-0.3, -0.25) is 9.36 Å². The third-order valence-electron chi connectivity index (χ3n) is 6.29. The van der Waals surface area contributed by atoms with Crippen molar-refractivity contribution in [2.75, 3.05) is 34.4 Å². The molecule has 10 heteroatoms. The van der Waals surface area contributed by atoms with E-state index in [1.54, 1.807) is 29.2 Å². The summed E-state index contributed by atoms with van der Waals surface area (Å²) in [6, 6.07) is 7.08. The highest BCUT2D eigenvalue weighted by molar-refractivity contribution is 8.03. The number of benzene rings is 1. The quantitative estimate of drug-likeness (QED) is 0.469. The Balaban J connectivity index is 2.08. The Bertz CT molecular complexity index is 1280. The first-order valence-electron chi connectivity index (χ1n) is 10.6. The first-order chi connectivity index (χ1) is 16.3. The Morgan fingerprint density at radius 2 is 1.88 bits per heavy atom. The number of carbonyl (C=O) groups excluding carboxylic acids is 2. The van der Waals surface area contributed by atoms with E-state index in [9.17, 15) is 14.4 Å². The summed E-state index contributed by atoms with van der Waals surface area (Å²) >= 11 is 1.22. The second-order valence-electron chi connectivity index (χ2n) is 7.74. The maximum atomic E-state index is 14.0. The Morgan fingerprint density at radius 1 is 1.18 bits per heavy atom. The molecule has 2 aromatic rings. The molecular weight excluding hydrogens is 458 g/mol. The van der Waals surface area contributed by atoms with E-state index in [1.165, 1.54) is 44.0 Å². The van der Waals surface area contributed by atoms with Gasteiger partial charge in [-0.25, -0.2) is 14.6 Å². The molecule has 2 aliphatic heterocycles. The van der Waals surface area contributed by atoms with Crippen molar-refractivity contribution in [1.29, 1.82) is 0 Å². The number of likely N-dealkylation sites (N-methyl/N-ethyl adjacent to an activating group) is 1. The molecule has 0 saturated heterocycles. The second kappa shape index (κ2) is 9.02. The number of carbonyl (C=O) groups is 2. The number of aromatic nitrogens is 2. The summed E-state index contributed by atoms with van der Waals surface area (Å²) < 4.78 is 17.0. The summed E-state index contributed by atoms with van der Waals surface area (Å²) in [6.07, 6.45) is 1.78. The number of ether oxygens (including phenoxy) is 3. The molecule has 1 aromatic heterocycles. The van der Waals surface area contributed by atoms with Crippen LogP contribution in [0.3, 0.4) is 0 Å². The minimum Gasteiger partial charge on any atom is -0.495 e. The van der Waals surface area contributed by atoms with E-state index in [4.69, 9.17) is 14.2 Å². The fourth-order valence-electron chi connectivity index (χ4n) is 4.67. The largest absolute Gasteiger partial charge is 0.495 e. The lowest BCUT2D eigenvalue weighted by molar-refractivity contribution is -0.142. The van der Waals surface area contributed by atoms with Crippen LogP contribution in [0.4, 0.5) is 0 Å². The van der Waals surface area contributed by atoms with Crippen LogP contribution in [0.2, 0.25) is 0 Å². The second-order valence-corrected chi connectivity index (χ2v) is 8.82. The lowest BCUT2D eigenvalue weighted by Crippen LogP contribution is -2.48. The molecular formula is C24H25N3O6S. The van der Waals surface area contributed by atoms with Crippen LogP contribution in [0.15, 0.2) is 63.2 Å². The minimum atomic E-state index is -1.27. The fraction of sp³-hybridized carbons (Fsp3) is 0.333. The average molecular weight is 484 g/mol. The molecule has 1 atom stereocenters. The van der Waals surface area contributed by atoms with Crippen molar-refractivity contribution in [3.63, 3.8) is 0 Å². The van der Waals surface area contributed by atoms with Gasteiger partial charge >= 0.3 is 11.9 Å². The molecule has 0 fully saturated rings. The first kappa shape index (κ1) is 23.6. The van der Waals surface area contributed by atoms with Crippen LogP contribution in [-0.2, 0) is 24.5 Å². The predicted molar refractivity (Wildman–Crippen MR) is 126 cm³/mol. The van der Waals surface area contributed by atoms with Crippen molar-refractivity contribution in [3.05, 3.63) is 69.3 Å². The maximum Gasteiger partial charge on any atom is 0.354 e. The van der Waals surface area contributed by atoms with Crippen molar-refractivity contribution >= 4 is 23.7 Å². The van der Waals surface area contributed by atoms with Gasteiger partial charge in [0.1, 0.15) is 22.8 Å². The molecule has 9 nitrogen and oxygen atoms in total. The summed E-state index contributed by atoms with van der Waals surface area (Å²) in [5, 5.41) is 0.441. The van der Waals surface area contributed by atoms with Gasteiger partial charge in [0.25, 0.3) is 5.56 Å². The summed E-state index contributed by atoms with van der Waals surface area (Å²) in [5.41, 5.74) is -0.736. The molecule has 34 heavy (non-hydrogen) atoms. The lowest BCUT2D eigenvalue weighted by Gasteiger charge is -2.41. The van der Waals surface area contributed by atoms with Crippen molar-refractivity contribution < 1.29 is 23.8 Å². The Kier molecular flexibility index (Phi) is 6.26. The topological polar surface area (TPSA) is 100.0 Å². The number of para-hydroxylation sites is 2. The van der Waals surface area contributed by atoms with Gasteiger partial charge in [-0.2, -0.15) is 0 Å². The van der Waals surface area contributed by atoms with E-state index in [0.717, 1.165) is 0 Å². The minimum absolute atomic E-state index is 0.0443. The number of hydrogen-bond donors (Lipinski definition) is 0. The molecule has 1 spiro atoms. The number of nitrogens with zero attached hydrogens (tertiary/aromatic N) is 3. The van der Waals surface area contributed by atoms with Crippen LogP contribution in [0.25, 0.3) is 5.69 Å². The lowest BCUT2D eigenvalue weighted by atomic mass is 9.69. The predicted octanol–water partition coefficient (Wildman–Crippen LogP) is 2.42. The first-order valence-corrected chi connectivity index (χ1v) is 11.5. The highest BCUT2D eigenvalue weighted by atomic mass is 32.2. The molecule has 1 aromatic carbocycles. The number of methoxy groups -OCH3 is 3. The van der Waals surface area contributed by atoms with E-state index < -0.39 is 17.4 Å². The van der Waals surface area contributed by atoms with Gasteiger partial charge in [-0.05, 0) is 30.4 Å². The number of allylic oxidation sites excluding steroid dienone is 1. The maximum absolute atomic E-state index is 14.0. The Morgan fingerprint density at radius 3 is 2.53 bits per heavy atom. The normalized spacial score (nSPS) is 19.3. The number of fused-ring (bicyclic) bond motifs is 2. The molecule has 0 N–H and O–H groups in total. The van der Waals surface area contributed by atoms with Gasteiger partial charge in [-0.15, -0.1) is 0 Å². The molecule has 0 saturated carbocycles. The van der Waals surface area contributed by atoms with Crippen LogP contribution < -0.4 is 10.3 Å². The molecule has 0 amide bonds. The van der Waals surface area contributed by atoms with E-state index >= 15 is 0 Å². The van der Waals surface area contributed by atoms with Crippen LogP contribution in [-0.4, -0.2) is 60.8 Å². The van der Waals surface area contributed by atoms with Gasteiger partial charge in [0.05, 0.1) is 43.6 Å². The van der Waals surface area contributed by atoms with Gasteiger partial charge in [0.2, 0.25) is 0 Å². The molecule has 0 aliphatic carbocycles. The summed E-state index contributed by atoms with van der Waals surface area (Å²) in [6.45, 7) is 6.94. The van der Waals surface area contributed by atoms with E-state index in [2.05, 4.69) is 11.6 Å².